The second kappa shape index (κ2) is 6.22. The monoisotopic (exact) mass is 284 g/mol. The molecule has 0 spiro atoms. The molecule has 0 saturated heterocycles. The van der Waals surface area contributed by atoms with Gasteiger partial charge in [0.25, 0.3) is 0 Å². The quantitative estimate of drug-likeness (QED) is 0.639. The molecule has 0 aliphatic carbocycles. The fourth-order valence-electron chi connectivity index (χ4n) is 2.06. The van der Waals surface area contributed by atoms with Crippen LogP contribution >= 0.6 is 0 Å². The maximum absolute atomic E-state index is 12.6. The largest absolute Gasteiger partial charge is 0.496 e. The van der Waals surface area contributed by atoms with Crippen LogP contribution in [0, 0.1) is 6.92 Å². The minimum atomic E-state index is -0.471. The van der Waals surface area contributed by atoms with Gasteiger partial charge in [0.05, 0.1) is 25.3 Å². The Morgan fingerprint density at radius 1 is 0.952 bits per heavy atom. The molecule has 0 N–H and O–H groups in total. The fourth-order valence-corrected chi connectivity index (χ4v) is 2.06. The lowest BCUT2D eigenvalue weighted by molar-refractivity contribution is 0.0600. The number of carbonyl (C=O) groups is 2. The molecule has 108 valence electrons. The predicted octanol–water partition coefficient (Wildman–Crippen LogP) is 3.02. The topological polar surface area (TPSA) is 52.6 Å². The zero-order valence-electron chi connectivity index (χ0n) is 12.2. The average molecular weight is 284 g/mol. The van der Waals surface area contributed by atoms with Crippen LogP contribution in [-0.4, -0.2) is 26.0 Å². The molecule has 2 rings (SSSR count). The van der Waals surface area contributed by atoms with Gasteiger partial charge < -0.3 is 9.47 Å². The summed E-state index contributed by atoms with van der Waals surface area (Å²) in [6, 6.07) is 11.9. The van der Waals surface area contributed by atoms with Crippen molar-refractivity contribution in [1.29, 1.82) is 0 Å². The highest BCUT2D eigenvalue weighted by Gasteiger charge is 2.16. The Hall–Kier alpha value is -2.62. The maximum atomic E-state index is 12.6. The van der Waals surface area contributed by atoms with Gasteiger partial charge in [-0.1, -0.05) is 23.8 Å². The van der Waals surface area contributed by atoms with Gasteiger partial charge in [-0.25, -0.2) is 4.79 Å². The van der Waals surface area contributed by atoms with Crippen molar-refractivity contribution in [2.45, 2.75) is 6.92 Å². The Balaban J connectivity index is 2.45. The molecular weight excluding hydrogens is 268 g/mol. The lowest BCUT2D eigenvalue weighted by Gasteiger charge is -2.09. The van der Waals surface area contributed by atoms with Gasteiger partial charge in [0.2, 0.25) is 0 Å². The Morgan fingerprint density at radius 3 is 2.33 bits per heavy atom. The Morgan fingerprint density at radius 2 is 1.67 bits per heavy atom. The molecule has 0 aliphatic rings. The first-order valence-electron chi connectivity index (χ1n) is 6.44. The SMILES string of the molecule is COC(=O)c1cccc(C(=O)c2cc(C)ccc2OC)c1. The number of ether oxygens (including phenoxy) is 2. The summed E-state index contributed by atoms with van der Waals surface area (Å²) in [6.45, 7) is 1.90. The number of aryl methyl sites for hydroxylation is 1. The summed E-state index contributed by atoms with van der Waals surface area (Å²) in [4.78, 5) is 24.2. The van der Waals surface area contributed by atoms with E-state index >= 15 is 0 Å². The van der Waals surface area contributed by atoms with E-state index in [0.29, 0.717) is 22.4 Å². The lowest BCUT2D eigenvalue weighted by atomic mass is 9.99. The van der Waals surface area contributed by atoms with Gasteiger partial charge in [-0.05, 0) is 31.2 Å². The smallest absolute Gasteiger partial charge is 0.337 e. The van der Waals surface area contributed by atoms with E-state index in [1.807, 2.05) is 13.0 Å². The van der Waals surface area contributed by atoms with E-state index < -0.39 is 5.97 Å². The number of hydrogen-bond donors (Lipinski definition) is 0. The van der Waals surface area contributed by atoms with Crippen molar-refractivity contribution >= 4 is 11.8 Å². The van der Waals surface area contributed by atoms with Crippen LogP contribution in [0.3, 0.4) is 0 Å². The van der Waals surface area contributed by atoms with Gasteiger partial charge in [0, 0.05) is 5.56 Å². The highest BCUT2D eigenvalue weighted by molar-refractivity contribution is 6.11. The summed E-state index contributed by atoms with van der Waals surface area (Å²) in [5.41, 5.74) is 2.19. The molecule has 0 fully saturated rings. The van der Waals surface area contributed by atoms with E-state index in [9.17, 15) is 9.59 Å². The summed E-state index contributed by atoms with van der Waals surface area (Å²) < 4.78 is 9.90. The lowest BCUT2D eigenvalue weighted by Crippen LogP contribution is -2.07. The van der Waals surface area contributed by atoms with Crippen LogP contribution in [0.4, 0.5) is 0 Å². The number of hydrogen-bond acceptors (Lipinski definition) is 4. The molecule has 4 heteroatoms. The predicted molar refractivity (Wildman–Crippen MR) is 78.9 cm³/mol. The molecule has 0 unspecified atom stereocenters. The van der Waals surface area contributed by atoms with Gasteiger partial charge >= 0.3 is 5.97 Å². The van der Waals surface area contributed by atoms with Crippen LogP contribution in [0.15, 0.2) is 42.5 Å². The number of ketones is 1. The second-order valence-electron chi connectivity index (χ2n) is 4.61. The third kappa shape index (κ3) is 3.11. The van der Waals surface area contributed by atoms with Gasteiger partial charge in [-0.2, -0.15) is 0 Å². The molecular formula is C17H16O4. The average Bonchev–Trinajstić information content (AvgIpc) is 2.53. The molecule has 0 aliphatic heterocycles. The van der Waals surface area contributed by atoms with Crippen LogP contribution in [-0.2, 0) is 4.74 Å². The molecule has 2 aromatic rings. The molecule has 2 aromatic carbocycles. The van der Waals surface area contributed by atoms with Crippen molar-refractivity contribution in [1.82, 2.24) is 0 Å². The van der Waals surface area contributed by atoms with Gasteiger partial charge in [0.1, 0.15) is 5.75 Å². The van der Waals surface area contributed by atoms with E-state index in [0.717, 1.165) is 5.56 Å². The first-order chi connectivity index (χ1) is 10.1. The van der Waals surface area contributed by atoms with Crippen LogP contribution in [0.5, 0.6) is 5.75 Å². The maximum Gasteiger partial charge on any atom is 0.337 e. The van der Waals surface area contributed by atoms with Crippen molar-refractivity contribution in [2.75, 3.05) is 14.2 Å². The van der Waals surface area contributed by atoms with Gasteiger partial charge in [-0.15, -0.1) is 0 Å². The minimum Gasteiger partial charge on any atom is -0.496 e. The van der Waals surface area contributed by atoms with E-state index in [2.05, 4.69) is 4.74 Å². The van der Waals surface area contributed by atoms with E-state index in [4.69, 9.17) is 4.74 Å². The number of esters is 1. The summed E-state index contributed by atoms with van der Waals surface area (Å²) in [5, 5.41) is 0. The van der Waals surface area contributed by atoms with Gasteiger partial charge in [0.15, 0.2) is 5.78 Å². The summed E-state index contributed by atoms with van der Waals surface area (Å²) >= 11 is 0. The van der Waals surface area contributed by atoms with Crippen molar-refractivity contribution in [3.8, 4) is 5.75 Å². The molecule has 0 radical (unpaired) electrons. The molecule has 0 amide bonds. The zero-order chi connectivity index (χ0) is 15.4. The first kappa shape index (κ1) is 14.8. The van der Waals surface area contributed by atoms with Crippen LogP contribution in [0.2, 0.25) is 0 Å². The molecule has 0 heterocycles. The number of carbonyl (C=O) groups excluding carboxylic acids is 2. The molecule has 0 saturated carbocycles. The molecule has 0 aromatic heterocycles. The summed E-state index contributed by atoms with van der Waals surface area (Å²) in [6.07, 6.45) is 0. The van der Waals surface area contributed by atoms with Crippen LogP contribution in [0.25, 0.3) is 0 Å². The van der Waals surface area contributed by atoms with E-state index in [1.54, 1.807) is 30.3 Å². The van der Waals surface area contributed by atoms with Crippen LogP contribution in [0.1, 0.15) is 31.8 Å². The fraction of sp³-hybridized carbons (Fsp3) is 0.176. The molecule has 4 nitrogen and oxygen atoms in total. The number of rotatable bonds is 4. The van der Waals surface area contributed by atoms with Crippen LogP contribution < -0.4 is 4.74 Å². The zero-order valence-corrected chi connectivity index (χ0v) is 12.2. The number of methoxy groups -OCH3 is 2. The highest BCUT2D eigenvalue weighted by atomic mass is 16.5. The van der Waals surface area contributed by atoms with Crippen molar-refractivity contribution in [3.05, 3.63) is 64.7 Å². The van der Waals surface area contributed by atoms with E-state index in [1.165, 1.54) is 20.3 Å². The summed E-state index contributed by atoms with van der Waals surface area (Å²) in [5.74, 6) is -0.156. The standard InChI is InChI=1S/C17H16O4/c1-11-7-8-15(20-2)14(9-11)16(18)12-5-4-6-13(10-12)17(19)21-3/h4-10H,1-3H3. The van der Waals surface area contributed by atoms with Crippen molar-refractivity contribution < 1.29 is 19.1 Å². The normalized spacial score (nSPS) is 10.0. The van der Waals surface area contributed by atoms with Crippen molar-refractivity contribution in [3.63, 3.8) is 0 Å². The minimum absolute atomic E-state index is 0.193. The Bertz CT molecular complexity index is 689. The molecule has 0 atom stereocenters. The third-order valence-corrected chi connectivity index (χ3v) is 3.15. The second-order valence-corrected chi connectivity index (χ2v) is 4.61. The highest BCUT2D eigenvalue weighted by Crippen LogP contribution is 2.23. The Kier molecular flexibility index (Phi) is 4.38. The Labute approximate surface area is 123 Å². The van der Waals surface area contributed by atoms with E-state index in [-0.39, 0.29) is 5.78 Å². The molecule has 0 bridgehead atoms. The number of benzene rings is 2. The summed E-state index contributed by atoms with van der Waals surface area (Å²) in [7, 11) is 2.83. The first-order valence-corrected chi connectivity index (χ1v) is 6.44. The van der Waals surface area contributed by atoms with Gasteiger partial charge in [-0.3, -0.25) is 4.79 Å². The molecule has 21 heavy (non-hydrogen) atoms. The third-order valence-electron chi connectivity index (χ3n) is 3.15. The van der Waals surface area contributed by atoms with Crippen molar-refractivity contribution in [2.24, 2.45) is 0 Å².